The summed E-state index contributed by atoms with van der Waals surface area (Å²) < 4.78 is 13.9. The van der Waals surface area contributed by atoms with Crippen LogP contribution in [0.1, 0.15) is 0 Å². The molecular weight excluding hydrogens is 366 g/mol. The van der Waals surface area contributed by atoms with Crippen LogP contribution >= 0.6 is 22.6 Å². The minimum atomic E-state index is -0.529. The molecule has 0 aliphatic carbocycles. The predicted molar refractivity (Wildman–Crippen MR) is 74.6 cm³/mol. The molecule has 0 bridgehead atoms. The Bertz CT molecular complexity index is 554. The van der Waals surface area contributed by atoms with Gasteiger partial charge in [0.05, 0.1) is 13.2 Å². The Kier molecular flexibility index (Phi) is 4.15. The van der Waals surface area contributed by atoms with Gasteiger partial charge in [0.2, 0.25) is 0 Å². The van der Waals surface area contributed by atoms with E-state index in [0.717, 1.165) is 11.0 Å². The first-order chi connectivity index (χ1) is 9.01. The second-order valence-corrected chi connectivity index (χ2v) is 5.11. The number of aliphatic hydroxyl groups is 1. The Morgan fingerprint density at radius 3 is 2.68 bits per heavy atom. The molecule has 2 rings (SSSR count). The highest BCUT2D eigenvalue weighted by molar-refractivity contribution is 14.1. The Hall–Kier alpha value is -1.48. The minimum absolute atomic E-state index is 0.0555. The molecule has 0 unspecified atom stereocenters. The number of carbonyl (C=O) groups excluding carboxylic acids is 2. The van der Waals surface area contributed by atoms with Crippen molar-refractivity contribution in [2.24, 2.45) is 0 Å². The molecule has 0 saturated carbocycles. The molecule has 7 heteroatoms. The van der Waals surface area contributed by atoms with Gasteiger partial charge in [-0.05, 0) is 40.8 Å². The molecule has 0 aromatic heterocycles. The number of aliphatic hydroxyl groups excluding tert-OH is 1. The first kappa shape index (κ1) is 13.9. The molecule has 2 N–H and O–H groups in total. The van der Waals surface area contributed by atoms with Gasteiger partial charge < -0.3 is 10.4 Å². The summed E-state index contributed by atoms with van der Waals surface area (Å²) in [5, 5.41) is 11.5. The number of nitrogens with zero attached hydrogens (tertiary/aromatic N) is 1. The average Bonchev–Trinajstić information content (AvgIpc) is 2.56. The van der Waals surface area contributed by atoms with Crippen LogP contribution in [0.4, 0.5) is 10.1 Å². The maximum absolute atomic E-state index is 13.2. The molecule has 1 heterocycles. The molecule has 1 aromatic rings. The number of carbonyl (C=O) groups is 2. The molecule has 100 valence electrons. The maximum atomic E-state index is 13.2. The number of nitrogens with one attached hydrogen (secondary N) is 1. The van der Waals surface area contributed by atoms with Gasteiger partial charge in [0.25, 0.3) is 11.8 Å². The monoisotopic (exact) mass is 376 g/mol. The summed E-state index contributed by atoms with van der Waals surface area (Å²) in [7, 11) is 0. The molecule has 19 heavy (non-hydrogen) atoms. The summed E-state index contributed by atoms with van der Waals surface area (Å²) in [4.78, 5) is 24.3. The lowest BCUT2D eigenvalue weighted by Crippen LogP contribution is -2.34. The van der Waals surface area contributed by atoms with Gasteiger partial charge >= 0.3 is 0 Å². The molecule has 0 spiro atoms. The van der Waals surface area contributed by atoms with Crippen LogP contribution in [0.15, 0.2) is 30.0 Å². The van der Waals surface area contributed by atoms with Gasteiger partial charge in [0, 0.05) is 15.3 Å². The summed E-state index contributed by atoms with van der Waals surface area (Å²) in [5.41, 5.74) is 0.461. The van der Waals surface area contributed by atoms with E-state index in [2.05, 4.69) is 5.32 Å². The largest absolute Gasteiger partial charge is 0.395 e. The van der Waals surface area contributed by atoms with Crippen LogP contribution in [0.25, 0.3) is 0 Å². The highest BCUT2D eigenvalue weighted by Gasteiger charge is 2.30. The Morgan fingerprint density at radius 1 is 1.32 bits per heavy atom. The molecule has 0 atom stereocenters. The number of amides is 2. The number of β-amino-alcohol motifs (C(OH)–C–C–N with tert-alkyl or cyclic N) is 1. The van der Waals surface area contributed by atoms with Gasteiger partial charge in [0.15, 0.2) is 0 Å². The Morgan fingerprint density at radius 2 is 2.05 bits per heavy atom. The summed E-state index contributed by atoms with van der Waals surface area (Å²) in [6.45, 7) is -0.351. The van der Waals surface area contributed by atoms with Crippen molar-refractivity contribution in [1.82, 2.24) is 4.90 Å². The fourth-order valence-electron chi connectivity index (χ4n) is 1.69. The van der Waals surface area contributed by atoms with E-state index in [1.54, 1.807) is 6.07 Å². The SMILES string of the molecule is O=C1C=C(Nc2cc(F)cc(I)c2)C(=O)N1CCO. The van der Waals surface area contributed by atoms with Crippen LogP contribution in [0.3, 0.4) is 0 Å². The van der Waals surface area contributed by atoms with Crippen LogP contribution in [0, 0.1) is 9.39 Å². The first-order valence-corrected chi connectivity index (χ1v) is 6.50. The lowest BCUT2D eigenvalue weighted by atomic mass is 10.3. The summed E-state index contributed by atoms with van der Waals surface area (Å²) in [6, 6.07) is 4.23. The van der Waals surface area contributed by atoms with Crippen molar-refractivity contribution in [1.29, 1.82) is 0 Å². The van der Waals surface area contributed by atoms with Crippen LogP contribution in [0.5, 0.6) is 0 Å². The molecular formula is C12H10FIN2O3. The van der Waals surface area contributed by atoms with Crippen molar-refractivity contribution in [3.63, 3.8) is 0 Å². The van der Waals surface area contributed by atoms with Crippen LogP contribution in [-0.4, -0.2) is 35.0 Å². The van der Waals surface area contributed by atoms with Crippen LogP contribution < -0.4 is 5.32 Å². The van der Waals surface area contributed by atoms with E-state index in [4.69, 9.17) is 5.11 Å². The van der Waals surface area contributed by atoms with Crippen LogP contribution in [0.2, 0.25) is 0 Å². The van der Waals surface area contributed by atoms with E-state index in [1.165, 1.54) is 12.1 Å². The van der Waals surface area contributed by atoms with Crippen LogP contribution in [-0.2, 0) is 9.59 Å². The van der Waals surface area contributed by atoms with Crippen molar-refractivity contribution in [2.45, 2.75) is 0 Å². The second kappa shape index (κ2) is 5.66. The molecule has 5 nitrogen and oxygen atoms in total. The number of benzene rings is 1. The number of rotatable bonds is 4. The van der Waals surface area contributed by atoms with E-state index >= 15 is 0 Å². The van der Waals surface area contributed by atoms with Crippen molar-refractivity contribution < 1.29 is 19.1 Å². The highest BCUT2D eigenvalue weighted by atomic mass is 127. The molecule has 2 amide bonds. The van der Waals surface area contributed by atoms with E-state index in [-0.39, 0.29) is 18.8 Å². The number of halogens is 2. The predicted octanol–water partition coefficient (Wildman–Crippen LogP) is 1.09. The van der Waals surface area contributed by atoms with Crippen molar-refractivity contribution in [3.05, 3.63) is 39.4 Å². The van der Waals surface area contributed by atoms with E-state index in [9.17, 15) is 14.0 Å². The number of anilines is 1. The molecule has 1 aromatic carbocycles. The summed E-state index contributed by atoms with van der Waals surface area (Å²) in [6.07, 6.45) is 1.13. The van der Waals surface area contributed by atoms with Gasteiger partial charge in [0.1, 0.15) is 11.5 Å². The van der Waals surface area contributed by atoms with Gasteiger partial charge in [-0.2, -0.15) is 0 Å². The van der Waals surface area contributed by atoms with E-state index in [0.29, 0.717) is 9.26 Å². The fraction of sp³-hybridized carbons (Fsp3) is 0.167. The zero-order chi connectivity index (χ0) is 14.0. The first-order valence-electron chi connectivity index (χ1n) is 5.43. The quantitative estimate of drug-likeness (QED) is 0.610. The summed E-state index contributed by atoms with van der Waals surface area (Å²) >= 11 is 1.95. The molecule has 1 aliphatic rings. The highest BCUT2D eigenvalue weighted by Crippen LogP contribution is 2.20. The Labute approximate surface area is 122 Å². The molecule has 0 saturated heterocycles. The summed E-state index contributed by atoms with van der Waals surface area (Å²) in [5.74, 6) is -1.45. The standard InChI is InChI=1S/C12H10FIN2O3/c13-7-3-8(14)5-9(4-7)15-10-6-11(18)16(1-2-17)12(10)19/h3-6,15,17H,1-2H2. The van der Waals surface area contributed by atoms with Crippen molar-refractivity contribution in [2.75, 3.05) is 18.5 Å². The maximum Gasteiger partial charge on any atom is 0.277 e. The minimum Gasteiger partial charge on any atom is -0.395 e. The zero-order valence-electron chi connectivity index (χ0n) is 9.69. The average molecular weight is 376 g/mol. The second-order valence-electron chi connectivity index (χ2n) is 3.86. The van der Waals surface area contributed by atoms with Gasteiger partial charge in [-0.1, -0.05) is 0 Å². The van der Waals surface area contributed by atoms with E-state index in [1.807, 2.05) is 22.6 Å². The third-order valence-corrected chi connectivity index (χ3v) is 3.10. The van der Waals surface area contributed by atoms with Crippen molar-refractivity contribution >= 4 is 40.1 Å². The zero-order valence-corrected chi connectivity index (χ0v) is 11.8. The Balaban J connectivity index is 2.18. The fourth-order valence-corrected chi connectivity index (χ4v) is 2.32. The number of imide groups is 1. The molecule has 0 fully saturated rings. The third kappa shape index (κ3) is 3.10. The van der Waals surface area contributed by atoms with Gasteiger partial charge in [-0.3, -0.25) is 14.5 Å². The normalized spacial score (nSPS) is 14.9. The van der Waals surface area contributed by atoms with Gasteiger partial charge in [-0.15, -0.1) is 0 Å². The molecule has 1 aliphatic heterocycles. The van der Waals surface area contributed by atoms with Gasteiger partial charge in [-0.25, -0.2) is 4.39 Å². The lowest BCUT2D eigenvalue weighted by Gasteiger charge is -2.13. The third-order valence-electron chi connectivity index (χ3n) is 2.47. The molecule has 0 radical (unpaired) electrons. The van der Waals surface area contributed by atoms with Crippen molar-refractivity contribution in [3.8, 4) is 0 Å². The number of hydrogen-bond acceptors (Lipinski definition) is 4. The number of hydrogen-bond donors (Lipinski definition) is 2. The smallest absolute Gasteiger partial charge is 0.277 e. The van der Waals surface area contributed by atoms with E-state index < -0.39 is 17.6 Å². The topological polar surface area (TPSA) is 69.6 Å². The lowest BCUT2D eigenvalue weighted by molar-refractivity contribution is -0.137.